The molecule has 0 aromatic carbocycles. The Morgan fingerprint density at radius 2 is 2.12 bits per heavy atom. The van der Waals surface area contributed by atoms with Crippen molar-refractivity contribution in [2.75, 3.05) is 19.6 Å². The monoisotopic (exact) mass is 301 g/mol. The Labute approximate surface area is 111 Å². The first kappa shape index (κ1) is 14.3. The van der Waals surface area contributed by atoms with Crippen molar-refractivity contribution in [2.45, 2.75) is 26.8 Å². The van der Waals surface area contributed by atoms with E-state index in [1.165, 1.54) is 0 Å². The topological polar surface area (TPSA) is 46.1 Å². The number of hydrogen-bond acceptors (Lipinski definition) is 2. The number of nitrogens with zero attached hydrogens (tertiary/aromatic N) is 1. The summed E-state index contributed by atoms with van der Waals surface area (Å²) >= 11 is 3.38. The van der Waals surface area contributed by atoms with Crippen LogP contribution in [0.15, 0.2) is 16.7 Å². The third-order valence-electron chi connectivity index (χ3n) is 2.45. The van der Waals surface area contributed by atoms with Crippen molar-refractivity contribution in [2.24, 2.45) is 0 Å². The second kappa shape index (κ2) is 7.50. The zero-order chi connectivity index (χ0) is 12.7. The van der Waals surface area contributed by atoms with Crippen molar-refractivity contribution >= 4 is 21.8 Å². The number of amides is 1. The molecule has 96 valence electrons. The third kappa shape index (κ3) is 4.52. The molecule has 0 atom stereocenters. The summed E-state index contributed by atoms with van der Waals surface area (Å²) in [6.45, 7) is 7.40. The first-order valence-electron chi connectivity index (χ1n) is 6.03. The number of carbonyl (C=O) groups is 1. The number of rotatable bonds is 7. The van der Waals surface area contributed by atoms with Gasteiger partial charge in [0.25, 0.3) is 5.91 Å². The van der Waals surface area contributed by atoms with Crippen molar-refractivity contribution in [1.29, 1.82) is 0 Å². The zero-order valence-electron chi connectivity index (χ0n) is 10.4. The molecule has 17 heavy (non-hydrogen) atoms. The molecule has 1 rings (SSSR count). The minimum absolute atomic E-state index is 0.0177. The molecule has 0 radical (unpaired) electrons. The standard InChI is InChI=1S/C12H20BrN3O/c1-3-5-14-6-7-15-12(17)11-8-10(13)9-16(11)4-2/h8-9,14H,3-7H2,1-2H3,(H,15,17). The van der Waals surface area contributed by atoms with E-state index < -0.39 is 0 Å². The average molecular weight is 302 g/mol. The highest BCUT2D eigenvalue weighted by molar-refractivity contribution is 9.10. The Bertz CT molecular complexity index is 363. The second-order valence-electron chi connectivity index (χ2n) is 3.84. The number of aromatic nitrogens is 1. The van der Waals surface area contributed by atoms with E-state index >= 15 is 0 Å². The smallest absolute Gasteiger partial charge is 0.267 e. The molecule has 0 saturated heterocycles. The summed E-state index contributed by atoms with van der Waals surface area (Å²) in [6.07, 6.45) is 3.03. The van der Waals surface area contributed by atoms with Crippen LogP contribution in [-0.2, 0) is 6.54 Å². The Morgan fingerprint density at radius 1 is 1.35 bits per heavy atom. The fourth-order valence-corrected chi connectivity index (χ4v) is 2.05. The van der Waals surface area contributed by atoms with Crippen LogP contribution in [0.2, 0.25) is 0 Å². The van der Waals surface area contributed by atoms with Crippen molar-refractivity contribution in [3.63, 3.8) is 0 Å². The summed E-state index contributed by atoms with van der Waals surface area (Å²) in [5.41, 5.74) is 0.704. The minimum Gasteiger partial charge on any atom is -0.349 e. The number of halogens is 1. The predicted molar refractivity (Wildman–Crippen MR) is 73.3 cm³/mol. The van der Waals surface area contributed by atoms with Crippen LogP contribution >= 0.6 is 15.9 Å². The predicted octanol–water partition coefficient (Wildman–Crippen LogP) is 2.00. The van der Waals surface area contributed by atoms with Gasteiger partial charge in [0.15, 0.2) is 0 Å². The molecule has 0 saturated carbocycles. The van der Waals surface area contributed by atoms with Gasteiger partial charge in [0.2, 0.25) is 0 Å². The van der Waals surface area contributed by atoms with E-state index in [-0.39, 0.29) is 5.91 Å². The molecular weight excluding hydrogens is 282 g/mol. The number of hydrogen-bond donors (Lipinski definition) is 2. The largest absolute Gasteiger partial charge is 0.349 e. The summed E-state index contributed by atoms with van der Waals surface area (Å²) in [5, 5.41) is 6.15. The van der Waals surface area contributed by atoms with Crippen LogP contribution in [0.3, 0.4) is 0 Å². The molecule has 0 bridgehead atoms. The number of aryl methyl sites for hydroxylation is 1. The first-order valence-corrected chi connectivity index (χ1v) is 6.83. The summed E-state index contributed by atoms with van der Waals surface area (Å²) in [7, 11) is 0. The maximum absolute atomic E-state index is 11.9. The van der Waals surface area contributed by atoms with Crippen molar-refractivity contribution in [3.8, 4) is 0 Å². The van der Waals surface area contributed by atoms with Crippen LogP contribution in [0.1, 0.15) is 30.8 Å². The van der Waals surface area contributed by atoms with Gasteiger partial charge in [-0.05, 0) is 41.9 Å². The molecule has 0 aliphatic carbocycles. The van der Waals surface area contributed by atoms with Crippen LogP contribution < -0.4 is 10.6 Å². The van der Waals surface area contributed by atoms with Gasteiger partial charge in [0, 0.05) is 30.3 Å². The van der Waals surface area contributed by atoms with Crippen molar-refractivity contribution in [1.82, 2.24) is 15.2 Å². The van der Waals surface area contributed by atoms with Gasteiger partial charge in [0.05, 0.1) is 0 Å². The molecule has 0 aliphatic rings. The van der Waals surface area contributed by atoms with Gasteiger partial charge in [-0.25, -0.2) is 0 Å². The van der Waals surface area contributed by atoms with E-state index in [2.05, 4.69) is 33.5 Å². The van der Waals surface area contributed by atoms with E-state index in [0.717, 1.165) is 30.5 Å². The minimum atomic E-state index is -0.0177. The van der Waals surface area contributed by atoms with Crippen LogP contribution in [0.4, 0.5) is 0 Å². The van der Waals surface area contributed by atoms with Gasteiger partial charge >= 0.3 is 0 Å². The molecule has 0 aliphatic heterocycles. The highest BCUT2D eigenvalue weighted by Gasteiger charge is 2.11. The number of nitrogens with one attached hydrogen (secondary N) is 2. The van der Waals surface area contributed by atoms with Gasteiger partial charge in [0.1, 0.15) is 5.69 Å². The van der Waals surface area contributed by atoms with Crippen LogP contribution in [0.25, 0.3) is 0 Å². The van der Waals surface area contributed by atoms with Gasteiger partial charge < -0.3 is 15.2 Å². The Morgan fingerprint density at radius 3 is 2.76 bits per heavy atom. The second-order valence-corrected chi connectivity index (χ2v) is 4.75. The van der Waals surface area contributed by atoms with E-state index in [1.807, 2.05) is 23.8 Å². The van der Waals surface area contributed by atoms with Gasteiger partial charge in [-0.2, -0.15) is 0 Å². The lowest BCUT2D eigenvalue weighted by atomic mass is 10.4. The molecule has 5 heteroatoms. The average Bonchev–Trinajstić information content (AvgIpc) is 2.70. The van der Waals surface area contributed by atoms with Crippen molar-refractivity contribution in [3.05, 3.63) is 22.4 Å². The first-order chi connectivity index (χ1) is 8.19. The molecule has 1 amide bonds. The van der Waals surface area contributed by atoms with Crippen molar-refractivity contribution < 1.29 is 4.79 Å². The quantitative estimate of drug-likeness (QED) is 0.757. The lowest BCUT2D eigenvalue weighted by Crippen LogP contribution is -2.33. The Hall–Kier alpha value is -0.810. The van der Waals surface area contributed by atoms with E-state index in [1.54, 1.807) is 0 Å². The van der Waals surface area contributed by atoms with E-state index in [0.29, 0.717) is 12.2 Å². The maximum atomic E-state index is 11.9. The highest BCUT2D eigenvalue weighted by Crippen LogP contribution is 2.14. The lowest BCUT2D eigenvalue weighted by Gasteiger charge is -2.08. The van der Waals surface area contributed by atoms with E-state index in [9.17, 15) is 4.79 Å². The molecule has 2 N–H and O–H groups in total. The number of carbonyl (C=O) groups excluding carboxylic acids is 1. The fraction of sp³-hybridized carbons (Fsp3) is 0.583. The molecule has 1 aromatic heterocycles. The van der Waals surface area contributed by atoms with Gasteiger partial charge in [-0.15, -0.1) is 0 Å². The zero-order valence-corrected chi connectivity index (χ0v) is 12.0. The van der Waals surface area contributed by atoms with Crippen LogP contribution in [0.5, 0.6) is 0 Å². The van der Waals surface area contributed by atoms with Crippen LogP contribution in [0, 0.1) is 0 Å². The SMILES string of the molecule is CCCNCCNC(=O)c1cc(Br)cn1CC. The van der Waals surface area contributed by atoms with Gasteiger partial charge in [-0.1, -0.05) is 6.92 Å². The summed E-state index contributed by atoms with van der Waals surface area (Å²) < 4.78 is 2.87. The molecule has 0 unspecified atom stereocenters. The molecule has 0 fully saturated rings. The Balaban J connectivity index is 2.41. The molecule has 0 spiro atoms. The third-order valence-corrected chi connectivity index (χ3v) is 2.88. The molecule has 1 aromatic rings. The Kier molecular flexibility index (Phi) is 6.29. The maximum Gasteiger partial charge on any atom is 0.267 e. The van der Waals surface area contributed by atoms with E-state index in [4.69, 9.17) is 0 Å². The molecule has 1 heterocycles. The summed E-state index contributed by atoms with van der Waals surface area (Å²) in [4.78, 5) is 11.9. The molecule has 4 nitrogen and oxygen atoms in total. The molecular formula is C12H20BrN3O. The van der Waals surface area contributed by atoms with Crippen LogP contribution in [-0.4, -0.2) is 30.1 Å². The fourth-order valence-electron chi connectivity index (χ4n) is 1.58. The highest BCUT2D eigenvalue weighted by atomic mass is 79.9. The van der Waals surface area contributed by atoms with Gasteiger partial charge in [-0.3, -0.25) is 4.79 Å². The summed E-state index contributed by atoms with van der Waals surface area (Å²) in [6, 6.07) is 1.85. The summed E-state index contributed by atoms with van der Waals surface area (Å²) in [5.74, 6) is -0.0177. The lowest BCUT2D eigenvalue weighted by molar-refractivity contribution is 0.0945. The normalized spacial score (nSPS) is 10.5.